The van der Waals surface area contributed by atoms with E-state index in [9.17, 15) is 4.79 Å². The zero-order chi connectivity index (χ0) is 19.1. The summed E-state index contributed by atoms with van der Waals surface area (Å²) in [6, 6.07) is 12.2. The van der Waals surface area contributed by atoms with Crippen LogP contribution in [0.2, 0.25) is 0 Å². The molecule has 2 aromatic carbocycles. The zero-order valence-corrected chi connectivity index (χ0v) is 16.4. The molecule has 1 amide bonds. The van der Waals surface area contributed by atoms with Crippen LogP contribution < -0.4 is 14.8 Å². The fraction of sp³-hybridized carbons (Fsp3) is 0.409. The second kappa shape index (κ2) is 9.27. The molecule has 140 valence electrons. The van der Waals surface area contributed by atoms with E-state index in [1.165, 1.54) is 0 Å². The third kappa shape index (κ3) is 6.10. The largest absolute Gasteiger partial charge is 0.492 e. The Labute approximate surface area is 156 Å². The van der Waals surface area contributed by atoms with Gasteiger partial charge >= 0.3 is 0 Å². The van der Waals surface area contributed by atoms with Gasteiger partial charge in [0.15, 0.2) is 6.61 Å². The van der Waals surface area contributed by atoms with Gasteiger partial charge in [-0.05, 0) is 67.1 Å². The van der Waals surface area contributed by atoms with E-state index in [0.29, 0.717) is 19.1 Å². The third-order valence-corrected chi connectivity index (χ3v) is 4.04. The summed E-state index contributed by atoms with van der Waals surface area (Å²) < 4.78 is 11.4. The lowest BCUT2D eigenvalue weighted by Crippen LogP contribution is -2.32. The summed E-state index contributed by atoms with van der Waals surface area (Å²) in [5.41, 5.74) is 4.56. The van der Waals surface area contributed by atoms with Crippen LogP contribution in [0.3, 0.4) is 0 Å². The number of carbonyl (C=O) groups is 1. The Morgan fingerprint density at radius 3 is 2.31 bits per heavy atom. The highest BCUT2D eigenvalue weighted by Gasteiger charge is 2.10. The van der Waals surface area contributed by atoms with Crippen LogP contribution >= 0.6 is 0 Å². The molecule has 2 aromatic rings. The standard InChI is InChI=1S/C22H29NO3/c1-15(2)20-7-6-16(3)13-21(20)26-14-22(24)23-8-9-25-19-11-17(4)10-18(5)12-19/h6-7,10-13,15H,8-9,14H2,1-5H3,(H,23,24). The SMILES string of the molecule is Cc1cc(C)cc(OCCNC(=O)COc2cc(C)ccc2C(C)C)c1. The summed E-state index contributed by atoms with van der Waals surface area (Å²) in [6.07, 6.45) is 0. The first-order chi connectivity index (χ1) is 12.3. The van der Waals surface area contributed by atoms with Gasteiger partial charge in [0.2, 0.25) is 0 Å². The number of rotatable bonds is 8. The summed E-state index contributed by atoms with van der Waals surface area (Å²) in [7, 11) is 0. The van der Waals surface area contributed by atoms with Crippen LogP contribution in [0.5, 0.6) is 11.5 Å². The van der Waals surface area contributed by atoms with Gasteiger partial charge in [0.1, 0.15) is 18.1 Å². The van der Waals surface area contributed by atoms with Gasteiger partial charge in [-0.3, -0.25) is 4.79 Å². The second-order valence-electron chi connectivity index (χ2n) is 7.01. The summed E-state index contributed by atoms with van der Waals surface area (Å²) >= 11 is 0. The highest BCUT2D eigenvalue weighted by Crippen LogP contribution is 2.27. The van der Waals surface area contributed by atoms with Gasteiger partial charge in [0, 0.05) is 0 Å². The first-order valence-electron chi connectivity index (χ1n) is 9.06. The van der Waals surface area contributed by atoms with Crippen LogP contribution in [0.1, 0.15) is 42.0 Å². The van der Waals surface area contributed by atoms with Crippen molar-refractivity contribution < 1.29 is 14.3 Å². The van der Waals surface area contributed by atoms with Crippen molar-refractivity contribution in [2.45, 2.75) is 40.5 Å². The molecule has 0 spiro atoms. The first-order valence-corrected chi connectivity index (χ1v) is 9.06. The van der Waals surface area contributed by atoms with E-state index in [1.54, 1.807) is 0 Å². The smallest absolute Gasteiger partial charge is 0.258 e. The highest BCUT2D eigenvalue weighted by molar-refractivity contribution is 5.77. The van der Waals surface area contributed by atoms with Crippen LogP contribution in [0.25, 0.3) is 0 Å². The quantitative estimate of drug-likeness (QED) is 0.718. The fourth-order valence-corrected chi connectivity index (χ4v) is 2.81. The van der Waals surface area contributed by atoms with Gasteiger partial charge in [-0.25, -0.2) is 0 Å². The number of benzene rings is 2. The minimum absolute atomic E-state index is 0.00667. The van der Waals surface area contributed by atoms with Crippen molar-refractivity contribution >= 4 is 5.91 Å². The average Bonchev–Trinajstić information content (AvgIpc) is 2.56. The van der Waals surface area contributed by atoms with E-state index in [-0.39, 0.29) is 12.5 Å². The summed E-state index contributed by atoms with van der Waals surface area (Å²) in [5, 5.41) is 2.83. The van der Waals surface area contributed by atoms with Crippen LogP contribution in [0, 0.1) is 20.8 Å². The van der Waals surface area contributed by atoms with Crippen molar-refractivity contribution in [1.82, 2.24) is 5.32 Å². The maximum atomic E-state index is 12.0. The maximum Gasteiger partial charge on any atom is 0.258 e. The Balaban J connectivity index is 1.76. The molecule has 0 bridgehead atoms. The van der Waals surface area contributed by atoms with Crippen molar-refractivity contribution in [2.75, 3.05) is 19.8 Å². The molecule has 0 atom stereocenters. The summed E-state index contributed by atoms with van der Waals surface area (Å²) in [6.45, 7) is 11.2. The van der Waals surface area contributed by atoms with Gasteiger partial charge in [0.05, 0.1) is 6.54 Å². The molecule has 0 aromatic heterocycles. The molecule has 4 nitrogen and oxygen atoms in total. The van der Waals surface area contributed by atoms with Crippen LogP contribution in [0.15, 0.2) is 36.4 Å². The molecule has 0 fully saturated rings. The number of nitrogens with one attached hydrogen (secondary N) is 1. The molecule has 0 aliphatic carbocycles. The molecule has 0 saturated heterocycles. The van der Waals surface area contributed by atoms with Gasteiger partial charge in [0.25, 0.3) is 5.91 Å². The number of carbonyl (C=O) groups excluding carboxylic acids is 1. The Hall–Kier alpha value is -2.49. The number of hydrogen-bond acceptors (Lipinski definition) is 3. The van der Waals surface area contributed by atoms with Crippen molar-refractivity contribution in [1.29, 1.82) is 0 Å². The predicted molar refractivity (Wildman–Crippen MR) is 105 cm³/mol. The van der Waals surface area contributed by atoms with E-state index in [4.69, 9.17) is 9.47 Å². The molecule has 4 heteroatoms. The molecule has 2 rings (SSSR count). The third-order valence-electron chi connectivity index (χ3n) is 4.04. The first kappa shape index (κ1) is 19.8. The van der Waals surface area contributed by atoms with Gasteiger partial charge in [-0.15, -0.1) is 0 Å². The zero-order valence-electron chi connectivity index (χ0n) is 16.4. The molecule has 26 heavy (non-hydrogen) atoms. The number of amides is 1. The number of hydrogen-bond donors (Lipinski definition) is 1. The number of ether oxygens (including phenoxy) is 2. The molecular weight excluding hydrogens is 326 g/mol. The van der Waals surface area contributed by atoms with Crippen LogP contribution in [0.4, 0.5) is 0 Å². The van der Waals surface area contributed by atoms with Crippen molar-refractivity contribution in [3.8, 4) is 11.5 Å². The number of aryl methyl sites for hydroxylation is 3. The lowest BCUT2D eigenvalue weighted by Gasteiger charge is -2.15. The molecule has 0 radical (unpaired) electrons. The lowest BCUT2D eigenvalue weighted by molar-refractivity contribution is -0.123. The van der Waals surface area contributed by atoms with Gasteiger partial charge in [-0.2, -0.15) is 0 Å². The van der Waals surface area contributed by atoms with Crippen molar-refractivity contribution in [3.63, 3.8) is 0 Å². The normalized spacial score (nSPS) is 10.7. The Morgan fingerprint density at radius 1 is 0.962 bits per heavy atom. The Morgan fingerprint density at radius 2 is 1.65 bits per heavy atom. The minimum atomic E-state index is -0.148. The Bertz CT molecular complexity index is 733. The topological polar surface area (TPSA) is 47.6 Å². The van der Waals surface area contributed by atoms with Gasteiger partial charge < -0.3 is 14.8 Å². The summed E-state index contributed by atoms with van der Waals surface area (Å²) in [5.74, 6) is 1.81. The van der Waals surface area contributed by atoms with E-state index < -0.39 is 0 Å². The molecular formula is C22H29NO3. The van der Waals surface area contributed by atoms with Crippen molar-refractivity contribution in [2.24, 2.45) is 0 Å². The Kier molecular flexibility index (Phi) is 7.07. The summed E-state index contributed by atoms with van der Waals surface area (Å²) in [4.78, 5) is 12.0. The molecule has 0 aliphatic rings. The van der Waals surface area contributed by atoms with Crippen molar-refractivity contribution in [3.05, 3.63) is 58.7 Å². The minimum Gasteiger partial charge on any atom is -0.492 e. The van der Waals surface area contributed by atoms with Crippen LogP contribution in [-0.2, 0) is 4.79 Å². The monoisotopic (exact) mass is 355 g/mol. The molecule has 0 heterocycles. The molecule has 0 aliphatic heterocycles. The predicted octanol–water partition coefficient (Wildman–Crippen LogP) is 4.31. The van der Waals surface area contributed by atoms with E-state index in [2.05, 4.69) is 37.4 Å². The molecule has 1 N–H and O–H groups in total. The average molecular weight is 355 g/mol. The fourth-order valence-electron chi connectivity index (χ4n) is 2.81. The second-order valence-corrected chi connectivity index (χ2v) is 7.01. The van der Waals surface area contributed by atoms with E-state index >= 15 is 0 Å². The molecule has 0 saturated carbocycles. The maximum absolute atomic E-state index is 12.0. The van der Waals surface area contributed by atoms with E-state index in [0.717, 1.165) is 33.8 Å². The highest BCUT2D eigenvalue weighted by atomic mass is 16.5. The van der Waals surface area contributed by atoms with E-state index in [1.807, 2.05) is 39.0 Å². The van der Waals surface area contributed by atoms with Gasteiger partial charge in [-0.1, -0.05) is 32.0 Å². The van der Waals surface area contributed by atoms with Crippen LogP contribution in [-0.4, -0.2) is 25.7 Å². The molecule has 0 unspecified atom stereocenters. The lowest BCUT2D eigenvalue weighted by atomic mass is 10.0.